The number of rotatable bonds is 4. The SMILES string of the molecule is Nc1ccc(Nc2nc(N3CCc4nc[nH]c4CC3)c3[nH]cnc3n2)cc1[C@H]1CCNC1. The zero-order chi connectivity index (χ0) is 21.5. The molecule has 2 aliphatic rings. The summed E-state index contributed by atoms with van der Waals surface area (Å²) in [6.07, 6.45) is 6.32. The Hall–Kier alpha value is -3.66. The number of H-pyrrole nitrogens is 2. The van der Waals surface area contributed by atoms with Crippen LogP contribution >= 0.6 is 0 Å². The molecule has 10 heteroatoms. The number of hydrogen-bond acceptors (Lipinski definition) is 8. The molecule has 0 saturated carbocycles. The normalized spacial score (nSPS) is 18.6. The molecule has 3 aromatic heterocycles. The lowest BCUT2D eigenvalue weighted by Crippen LogP contribution is -2.27. The van der Waals surface area contributed by atoms with E-state index >= 15 is 0 Å². The molecule has 6 N–H and O–H groups in total. The van der Waals surface area contributed by atoms with Crippen LogP contribution in [0.15, 0.2) is 30.9 Å². The molecule has 1 atom stereocenters. The molecule has 1 saturated heterocycles. The van der Waals surface area contributed by atoms with E-state index in [1.54, 1.807) is 12.7 Å². The summed E-state index contributed by atoms with van der Waals surface area (Å²) in [4.78, 5) is 27.1. The van der Waals surface area contributed by atoms with E-state index in [2.05, 4.69) is 46.5 Å². The van der Waals surface area contributed by atoms with E-state index in [1.165, 1.54) is 11.3 Å². The molecular weight excluding hydrogens is 404 g/mol. The van der Waals surface area contributed by atoms with Gasteiger partial charge in [0.25, 0.3) is 0 Å². The third kappa shape index (κ3) is 3.42. The lowest BCUT2D eigenvalue weighted by Gasteiger charge is -2.22. The van der Waals surface area contributed by atoms with Gasteiger partial charge in [0.2, 0.25) is 5.95 Å². The van der Waals surface area contributed by atoms with Gasteiger partial charge in [-0.3, -0.25) is 0 Å². The van der Waals surface area contributed by atoms with Crippen molar-refractivity contribution in [2.45, 2.75) is 25.2 Å². The first-order valence-corrected chi connectivity index (χ1v) is 11.1. The molecule has 0 amide bonds. The molecule has 0 radical (unpaired) electrons. The Kier molecular flexibility index (Phi) is 4.64. The van der Waals surface area contributed by atoms with E-state index in [0.29, 0.717) is 17.5 Å². The Bertz CT molecular complexity index is 1230. The van der Waals surface area contributed by atoms with Gasteiger partial charge in [0.05, 0.1) is 18.3 Å². The molecule has 0 spiro atoms. The zero-order valence-corrected chi connectivity index (χ0v) is 17.7. The van der Waals surface area contributed by atoms with E-state index in [0.717, 1.165) is 73.8 Å². The monoisotopic (exact) mass is 430 g/mol. The molecule has 0 aliphatic carbocycles. The molecule has 1 aromatic carbocycles. The number of fused-ring (bicyclic) bond motifs is 2. The maximum Gasteiger partial charge on any atom is 0.231 e. The summed E-state index contributed by atoms with van der Waals surface area (Å²) in [5.74, 6) is 1.82. The van der Waals surface area contributed by atoms with Gasteiger partial charge in [0.15, 0.2) is 11.5 Å². The van der Waals surface area contributed by atoms with Crippen LogP contribution in [0.2, 0.25) is 0 Å². The quantitative estimate of drug-likeness (QED) is 0.311. The molecule has 2 aliphatic heterocycles. The second-order valence-corrected chi connectivity index (χ2v) is 8.45. The first kappa shape index (κ1) is 19.1. The lowest BCUT2D eigenvalue weighted by atomic mass is 9.96. The van der Waals surface area contributed by atoms with Crippen LogP contribution in [-0.4, -0.2) is 56.1 Å². The van der Waals surface area contributed by atoms with Gasteiger partial charge in [-0.15, -0.1) is 0 Å². The predicted molar refractivity (Wildman–Crippen MR) is 124 cm³/mol. The molecule has 164 valence electrons. The molecule has 4 aromatic rings. The Balaban J connectivity index is 1.31. The minimum atomic E-state index is 0.435. The highest BCUT2D eigenvalue weighted by Gasteiger charge is 2.22. The third-order valence-electron chi connectivity index (χ3n) is 6.47. The van der Waals surface area contributed by atoms with Crippen molar-refractivity contribution in [1.82, 2.24) is 35.2 Å². The Morgan fingerprint density at radius 3 is 2.88 bits per heavy atom. The first-order valence-electron chi connectivity index (χ1n) is 11.1. The molecule has 1 fully saturated rings. The van der Waals surface area contributed by atoms with Crippen molar-refractivity contribution in [1.29, 1.82) is 0 Å². The fraction of sp³-hybridized carbons (Fsp3) is 0.364. The number of hydrogen-bond donors (Lipinski definition) is 5. The van der Waals surface area contributed by atoms with Gasteiger partial charge in [-0.05, 0) is 42.6 Å². The predicted octanol–water partition coefficient (Wildman–Crippen LogP) is 2.08. The highest BCUT2D eigenvalue weighted by atomic mass is 15.3. The molecule has 0 bridgehead atoms. The Morgan fingerprint density at radius 1 is 1.06 bits per heavy atom. The molecular formula is C22H26N10. The van der Waals surface area contributed by atoms with Crippen LogP contribution in [0.5, 0.6) is 0 Å². The second kappa shape index (κ2) is 7.79. The van der Waals surface area contributed by atoms with Gasteiger partial charge >= 0.3 is 0 Å². The topological polar surface area (TPSA) is 136 Å². The number of nitrogens with two attached hydrogens (primary N) is 1. The van der Waals surface area contributed by atoms with Crippen LogP contribution in [0.1, 0.15) is 29.3 Å². The van der Waals surface area contributed by atoms with Crippen LogP contribution < -0.4 is 21.3 Å². The Labute approximate surface area is 185 Å². The van der Waals surface area contributed by atoms with Gasteiger partial charge in [0, 0.05) is 49.5 Å². The largest absolute Gasteiger partial charge is 0.398 e. The van der Waals surface area contributed by atoms with E-state index in [4.69, 9.17) is 10.7 Å². The van der Waals surface area contributed by atoms with Crippen molar-refractivity contribution < 1.29 is 0 Å². The van der Waals surface area contributed by atoms with Crippen molar-refractivity contribution in [3.63, 3.8) is 0 Å². The van der Waals surface area contributed by atoms with Gasteiger partial charge < -0.3 is 31.2 Å². The standard InChI is InChI=1S/C22H26N10/c23-16-2-1-14(9-15(16)13-3-6-24-10-13)29-22-30-20-19(27-12-28-20)21(31-22)32-7-4-17-18(5-8-32)26-11-25-17/h1-2,9,11-13,24H,3-8,10,23H2,(H,25,26)(H2,27,28,29,30,31)/t13-/m0/s1. The van der Waals surface area contributed by atoms with E-state index in [9.17, 15) is 0 Å². The summed E-state index contributed by atoms with van der Waals surface area (Å²) < 4.78 is 0. The Morgan fingerprint density at radius 2 is 1.97 bits per heavy atom. The van der Waals surface area contributed by atoms with Gasteiger partial charge in [-0.25, -0.2) is 9.97 Å². The average molecular weight is 431 g/mol. The second-order valence-electron chi connectivity index (χ2n) is 8.45. The van der Waals surface area contributed by atoms with E-state index in [-0.39, 0.29) is 0 Å². The smallest absolute Gasteiger partial charge is 0.231 e. The van der Waals surface area contributed by atoms with Crippen LogP contribution in [0.25, 0.3) is 11.2 Å². The first-order chi connectivity index (χ1) is 15.7. The van der Waals surface area contributed by atoms with Crippen molar-refractivity contribution in [3.8, 4) is 0 Å². The molecule has 0 unspecified atom stereocenters. The molecule has 6 rings (SSSR count). The maximum atomic E-state index is 6.27. The lowest BCUT2D eigenvalue weighted by molar-refractivity contribution is 0.766. The number of nitrogens with one attached hydrogen (secondary N) is 4. The van der Waals surface area contributed by atoms with Crippen molar-refractivity contribution in [2.24, 2.45) is 0 Å². The summed E-state index contributed by atoms with van der Waals surface area (Å²) in [7, 11) is 0. The number of benzene rings is 1. The fourth-order valence-corrected chi connectivity index (χ4v) is 4.75. The number of imidazole rings is 2. The molecule has 10 nitrogen and oxygen atoms in total. The minimum Gasteiger partial charge on any atom is -0.398 e. The van der Waals surface area contributed by atoms with Crippen LogP contribution in [-0.2, 0) is 12.8 Å². The maximum absolute atomic E-state index is 6.27. The molecule has 32 heavy (non-hydrogen) atoms. The average Bonchev–Trinajstić information content (AvgIpc) is 3.55. The van der Waals surface area contributed by atoms with Crippen molar-refractivity contribution in [2.75, 3.05) is 42.1 Å². The van der Waals surface area contributed by atoms with E-state index in [1.807, 2.05) is 12.1 Å². The summed E-state index contributed by atoms with van der Waals surface area (Å²) in [6.45, 7) is 3.67. The summed E-state index contributed by atoms with van der Waals surface area (Å²) in [6, 6.07) is 6.05. The fourth-order valence-electron chi connectivity index (χ4n) is 4.75. The summed E-state index contributed by atoms with van der Waals surface area (Å²) in [5, 5.41) is 6.80. The number of nitrogens with zero attached hydrogens (tertiary/aromatic N) is 5. The number of anilines is 4. The summed E-state index contributed by atoms with van der Waals surface area (Å²) >= 11 is 0. The van der Waals surface area contributed by atoms with Gasteiger partial charge in [0.1, 0.15) is 5.52 Å². The zero-order valence-electron chi connectivity index (χ0n) is 17.7. The number of nitrogen functional groups attached to an aromatic ring is 1. The number of aromatic nitrogens is 6. The van der Waals surface area contributed by atoms with Crippen molar-refractivity contribution >= 4 is 34.3 Å². The number of aromatic amines is 2. The highest BCUT2D eigenvalue weighted by Crippen LogP contribution is 2.31. The highest BCUT2D eigenvalue weighted by molar-refractivity contribution is 5.85. The van der Waals surface area contributed by atoms with Crippen LogP contribution in [0.3, 0.4) is 0 Å². The van der Waals surface area contributed by atoms with Gasteiger partial charge in [-0.2, -0.15) is 9.97 Å². The molecule has 5 heterocycles. The van der Waals surface area contributed by atoms with Crippen LogP contribution in [0.4, 0.5) is 23.1 Å². The van der Waals surface area contributed by atoms with Gasteiger partial charge in [-0.1, -0.05) is 0 Å². The van der Waals surface area contributed by atoms with Crippen LogP contribution in [0, 0.1) is 0 Å². The van der Waals surface area contributed by atoms with E-state index < -0.39 is 0 Å². The minimum absolute atomic E-state index is 0.435. The summed E-state index contributed by atoms with van der Waals surface area (Å²) in [5.41, 5.74) is 13.0. The van der Waals surface area contributed by atoms with Crippen molar-refractivity contribution in [3.05, 3.63) is 47.8 Å². The third-order valence-corrected chi connectivity index (χ3v) is 6.47.